The van der Waals surface area contributed by atoms with Crippen LogP contribution in [-0.2, 0) is 9.59 Å². The van der Waals surface area contributed by atoms with E-state index in [0.29, 0.717) is 0 Å². The van der Waals surface area contributed by atoms with Crippen LogP contribution in [0.3, 0.4) is 0 Å². The van der Waals surface area contributed by atoms with E-state index in [2.05, 4.69) is 16.0 Å². The van der Waals surface area contributed by atoms with E-state index in [1.54, 1.807) is 0 Å². The number of amides is 3. The maximum absolute atomic E-state index is 13.6. The summed E-state index contributed by atoms with van der Waals surface area (Å²) in [6.07, 6.45) is -0.898. The third kappa shape index (κ3) is 4.41. The van der Waals surface area contributed by atoms with Gasteiger partial charge in [0.05, 0.1) is 17.5 Å². The highest BCUT2D eigenvalue weighted by Gasteiger charge is 2.35. The maximum Gasteiger partial charge on any atom is 0.254 e. The fourth-order valence-electron chi connectivity index (χ4n) is 1.97. The van der Waals surface area contributed by atoms with E-state index in [1.807, 2.05) is 0 Å². The summed E-state index contributed by atoms with van der Waals surface area (Å²) in [4.78, 5) is 34.8. The Labute approximate surface area is 135 Å². The lowest BCUT2D eigenvalue weighted by Gasteiger charge is -2.35. The second-order valence-corrected chi connectivity index (χ2v) is 5.88. The predicted octanol–water partition coefficient (Wildman–Crippen LogP) is -1.57. The number of hydrogen-bond acceptors (Lipinski definition) is 6. The molecule has 2 rings (SSSR count). The second-order valence-electron chi connectivity index (χ2n) is 4.79. The van der Waals surface area contributed by atoms with Crippen molar-refractivity contribution >= 4 is 29.5 Å². The first-order chi connectivity index (χ1) is 10.9. The third-order valence-electron chi connectivity index (χ3n) is 3.06. The van der Waals surface area contributed by atoms with Gasteiger partial charge in [0.2, 0.25) is 11.8 Å². The molecule has 1 saturated heterocycles. The van der Waals surface area contributed by atoms with Crippen LogP contribution in [-0.4, -0.2) is 41.2 Å². The van der Waals surface area contributed by atoms with Gasteiger partial charge < -0.3 is 22.1 Å². The van der Waals surface area contributed by atoms with Crippen LogP contribution in [0, 0.1) is 5.82 Å². The number of thioether (sulfide) groups is 1. The lowest BCUT2D eigenvalue weighted by molar-refractivity contribution is -0.125. The molecule has 8 nitrogen and oxygen atoms in total. The van der Waals surface area contributed by atoms with Gasteiger partial charge in [-0.05, 0) is 12.1 Å². The summed E-state index contributed by atoms with van der Waals surface area (Å²) in [5, 5.41) is 7.74. The minimum atomic E-state index is -1.08. The average Bonchev–Trinajstić information content (AvgIpc) is 2.49. The molecule has 0 bridgehead atoms. The number of carbonyl (C=O) groups excluding carboxylic acids is 3. The van der Waals surface area contributed by atoms with E-state index in [-0.39, 0.29) is 11.3 Å². The Bertz CT molecular complexity index is 629. The summed E-state index contributed by atoms with van der Waals surface area (Å²) < 4.78 is 13.6. The highest BCUT2D eigenvalue weighted by atomic mass is 32.2. The van der Waals surface area contributed by atoms with Crippen LogP contribution in [0.2, 0.25) is 0 Å². The number of hydrogen-bond donors (Lipinski definition) is 5. The molecule has 124 valence electrons. The fourth-order valence-corrected chi connectivity index (χ4v) is 2.75. The first-order valence-electron chi connectivity index (χ1n) is 6.66. The van der Waals surface area contributed by atoms with Crippen molar-refractivity contribution in [3.63, 3.8) is 0 Å². The van der Waals surface area contributed by atoms with Crippen molar-refractivity contribution < 1.29 is 18.8 Å². The summed E-state index contributed by atoms with van der Waals surface area (Å²) in [5.74, 6) is -2.52. The van der Waals surface area contributed by atoms with Gasteiger partial charge in [0, 0.05) is 0 Å². The number of nitrogens with two attached hydrogens (primary N) is 2. The average molecular weight is 341 g/mol. The van der Waals surface area contributed by atoms with E-state index in [0.717, 1.165) is 17.8 Å². The summed E-state index contributed by atoms with van der Waals surface area (Å²) in [7, 11) is 0. The van der Waals surface area contributed by atoms with Crippen LogP contribution in [0.15, 0.2) is 24.3 Å². The zero-order valence-corrected chi connectivity index (χ0v) is 12.7. The summed E-state index contributed by atoms with van der Waals surface area (Å²) in [6, 6.07) is 4.33. The molecule has 1 heterocycles. The predicted molar refractivity (Wildman–Crippen MR) is 82.3 cm³/mol. The van der Waals surface area contributed by atoms with Gasteiger partial charge in [-0.2, -0.15) is 0 Å². The molecule has 0 aromatic heterocycles. The van der Waals surface area contributed by atoms with Crippen molar-refractivity contribution in [2.24, 2.45) is 11.5 Å². The molecule has 0 aliphatic carbocycles. The Kier molecular flexibility index (Phi) is 5.53. The van der Waals surface area contributed by atoms with Gasteiger partial charge >= 0.3 is 0 Å². The Hall–Kier alpha value is -2.17. The van der Waals surface area contributed by atoms with Gasteiger partial charge in [-0.1, -0.05) is 12.1 Å². The molecular weight excluding hydrogens is 325 g/mol. The minimum absolute atomic E-state index is 0.00306. The molecule has 10 heteroatoms. The van der Waals surface area contributed by atoms with Gasteiger partial charge in [0.1, 0.15) is 17.4 Å². The maximum atomic E-state index is 13.6. The molecule has 0 saturated carbocycles. The van der Waals surface area contributed by atoms with Crippen LogP contribution in [0.5, 0.6) is 0 Å². The summed E-state index contributed by atoms with van der Waals surface area (Å²) >= 11 is 1.06. The van der Waals surface area contributed by atoms with Crippen molar-refractivity contribution in [1.29, 1.82) is 0 Å². The molecule has 1 aromatic rings. The van der Waals surface area contributed by atoms with Crippen molar-refractivity contribution in [2.45, 2.75) is 17.7 Å². The second kappa shape index (κ2) is 7.40. The molecule has 3 unspecified atom stereocenters. The molecule has 1 fully saturated rings. The van der Waals surface area contributed by atoms with Crippen LogP contribution in [0.1, 0.15) is 10.4 Å². The van der Waals surface area contributed by atoms with Crippen LogP contribution >= 0.6 is 11.8 Å². The van der Waals surface area contributed by atoms with Crippen molar-refractivity contribution in [2.75, 3.05) is 5.75 Å². The SMILES string of the molecule is NC(=O)CSC1NC(=O)C(NC(=O)c2ccccc2F)C(N)N1. The fraction of sp³-hybridized carbons (Fsp3) is 0.308. The zero-order chi connectivity index (χ0) is 17.0. The number of rotatable bonds is 5. The number of carbonyl (C=O) groups is 3. The van der Waals surface area contributed by atoms with Crippen molar-refractivity contribution in [1.82, 2.24) is 16.0 Å². The zero-order valence-electron chi connectivity index (χ0n) is 11.9. The molecule has 1 aliphatic rings. The Morgan fingerprint density at radius 2 is 2.04 bits per heavy atom. The van der Waals surface area contributed by atoms with E-state index >= 15 is 0 Å². The molecule has 3 amide bonds. The quantitative estimate of drug-likeness (QED) is 0.438. The van der Waals surface area contributed by atoms with Crippen molar-refractivity contribution in [3.8, 4) is 0 Å². The number of nitrogens with one attached hydrogen (secondary N) is 3. The number of primary amides is 1. The Balaban J connectivity index is 1.99. The Morgan fingerprint density at radius 3 is 2.65 bits per heavy atom. The first-order valence-corrected chi connectivity index (χ1v) is 7.70. The molecule has 3 atom stereocenters. The molecular formula is C13H16FN5O3S. The van der Waals surface area contributed by atoms with Gasteiger partial charge in [0.15, 0.2) is 0 Å². The van der Waals surface area contributed by atoms with E-state index in [4.69, 9.17) is 11.5 Å². The summed E-state index contributed by atoms with van der Waals surface area (Å²) in [6.45, 7) is 0. The van der Waals surface area contributed by atoms with Gasteiger partial charge in [-0.3, -0.25) is 19.7 Å². The van der Waals surface area contributed by atoms with Crippen LogP contribution < -0.4 is 27.4 Å². The Morgan fingerprint density at radius 1 is 1.35 bits per heavy atom. The molecule has 0 radical (unpaired) electrons. The first kappa shape index (κ1) is 17.2. The third-order valence-corrected chi connectivity index (χ3v) is 4.09. The monoisotopic (exact) mass is 341 g/mol. The van der Waals surface area contributed by atoms with Crippen LogP contribution in [0.25, 0.3) is 0 Å². The van der Waals surface area contributed by atoms with E-state index in [9.17, 15) is 18.8 Å². The number of halogens is 1. The van der Waals surface area contributed by atoms with Gasteiger partial charge in [-0.15, -0.1) is 11.8 Å². The summed E-state index contributed by atoms with van der Waals surface area (Å²) in [5.41, 5.74) is 10.1. The minimum Gasteiger partial charge on any atom is -0.369 e. The van der Waals surface area contributed by atoms with Gasteiger partial charge in [-0.25, -0.2) is 4.39 Å². The van der Waals surface area contributed by atoms with E-state index < -0.39 is 41.2 Å². The highest BCUT2D eigenvalue weighted by molar-refractivity contribution is 8.00. The number of benzene rings is 1. The molecule has 7 N–H and O–H groups in total. The lowest BCUT2D eigenvalue weighted by Crippen LogP contribution is -2.70. The normalized spacial score (nSPS) is 23.9. The van der Waals surface area contributed by atoms with E-state index in [1.165, 1.54) is 18.2 Å². The highest BCUT2D eigenvalue weighted by Crippen LogP contribution is 2.12. The molecule has 1 aromatic carbocycles. The molecule has 0 spiro atoms. The lowest BCUT2D eigenvalue weighted by atomic mass is 10.1. The van der Waals surface area contributed by atoms with Crippen LogP contribution in [0.4, 0.5) is 4.39 Å². The van der Waals surface area contributed by atoms with Gasteiger partial charge in [0.25, 0.3) is 5.91 Å². The smallest absolute Gasteiger partial charge is 0.254 e. The molecule has 1 aliphatic heterocycles. The van der Waals surface area contributed by atoms with Crippen molar-refractivity contribution in [3.05, 3.63) is 35.6 Å². The largest absolute Gasteiger partial charge is 0.369 e. The molecule has 23 heavy (non-hydrogen) atoms. The standard InChI is InChI=1S/C13H16FN5O3S/c14-7-4-2-1-3-6(7)11(21)17-9-10(16)18-13(19-12(9)22)23-5-8(15)20/h1-4,9-10,13,18H,5,16H2,(H2,15,20)(H,17,21)(H,19,22). The topological polar surface area (TPSA) is 139 Å².